The maximum absolute atomic E-state index is 12.2. The molecule has 1 aliphatic carbocycles. The number of hydrogen-bond donors (Lipinski definition) is 1. The number of fused-ring (bicyclic) bond motifs is 1. The Kier molecular flexibility index (Phi) is 3.19. The summed E-state index contributed by atoms with van der Waals surface area (Å²) in [5.74, 6) is 0.805. The molecule has 0 bridgehead atoms. The third kappa shape index (κ3) is 2.40. The molecule has 1 saturated carbocycles. The van der Waals surface area contributed by atoms with Crippen molar-refractivity contribution in [3.05, 3.63) is 48.5 Å². The first-order chi connectivity index (χ1) is 10.7. The molecular formula is C18H16N2OS. The summed E-state index contributed by atoms with van der Waals surface area (Å²) in [7, 11) is 0. The fourth-order valence-corrected chi connectivity index (χ4v) is 3.68. The largest absolute Gasteiger partial charge is 0.325 e. The fraction of sp³-hybridized carbons (Fsp3) is 0.222. The number of para-hydroxylation sites is 2. The van der Waals surface area contributed by atoms with E-state index in [0.717, 1.165) is 32.9 Å². The lowest BCUT2D eigenvalue weighted by Gasteiger charge is -2.08. The van der Waals surface area contributed by atoms with E-state index in [1.807, 2.05) is 42.5 Å². The summed E-state index contributed by atoms with van der Waals surface area (Å²) in [6, 6.07) is 16.0. The smallest absolute Gasteiger partial charge is 0.227 e. The van der Waals surface area contributed by atoms with Crippen LogP contribution in [0.4, 0.5) is 5.69 Å². The number of amides is 1. The molecule has 4 rings (SSSR count). The van der Waals surface area contributed by atoms with Gasteiger partial charge >= 0.3 is 0 Å². The van der Waals surface area contributed by atoms with Gasteiger partial charge in [-0.05, 0) is 36.6 Å². The highest BCUT2D eigenvalue weighted by Gasteiger charge is 2.39. The SMILES string of the molecule is CC1CC1C(=O)Nc1ccccc1-c1nc2ccccc2s1. The molecule has 1 aliphatic rings. The Labute approximate surface area is 133 Å². The van der Waals surface area contributed by atoms with Crippen molar-refractivity contribution in [1.29, 1.82) is 0 Å². The van der Waals surface area contributed by atoms with Crippen LogP contribution in [0.2, 0.25) is 0 Å². The molecule has 0 radical (unpaired) electrons. The van der Waals surface area contributed by atoms with Gasteiger partial charge in [-0.2, -0.15) is 0 Å². The predicted octanol–water partition coefficient (Wildman–Crippen LogP) is 4.56. The Morgan fingerprint density at radius 1 is 1.18 bits per heavy atom. The molecule has 1 N–H and O–H groups in total. The Balaban J connectivity index is 1.70. The number of carbonyl (C=O) groups excluding carboxylic acids is 1. The zero-order valence-electron chi connectivity index (χ0n) is 12.2. The van der Waals surface area contributed by atoms with Crippen molar-refractivity contribution < 1.29 is 4.79 Å². The second-order valence-electron chi connectivity index (χ2n) is 5.84. The zero-order valence-corrected chi connectivity index (χ0v) is 13.1. The summed E-state index contributed by atoms with van der Waals surface area (Å²) in [6.07, 6.45) is 0.995. The first-order valence-electron chi connectivity index (χ1n) is 7.48. The van der Waals surface area contributed by atoms with Crippen molar-refractivity contribution in [3.8, 4) is 10.6 Å². The maximum Gasteiger partial charge on any atom is 0.227 e. The van der Waals surface area contributed by atoms with Crippen LogP contribution < -0.4 is 5.32 Å². The Morgan fingerprint density at radius 2 is 1.91 bits per heavy atom. The van der Waals surface area contributed by atoms with E-state index in [1.54, 1.807) is 11.3 Å². The highest BCUT2D eigenvalue weighted by atomic mass is 32.1. The van der Waals surface area contributed by atoms with Gasteiger partial charge in [0.05, 0.1) is 15.9 Å². The number of carbonyl (C=O) groups is 1. The molecule has 2 aromatic carbocycles. The van der Waals surface area contributed by atoms with Gasteiger partial charge in [0.25, 0.3) is 0 Å². The highest BCUT2D eigenvalue weighted by Crippen LogP contribution is 2.40. The standard InChI is InChI=1S/C18H16N2OS/c1-11-10-13(11)17(21)19-14-7-3-2-6-12(14)18-20-15-8-4-5-9-16(15)22-18/h2-9,11,13H,10H2,1H3,(H,19,21). The van der Waals surface area contributed by atoms with Gasteiger partial charge in [0.15, 0.2) is 0 Å². The number of hydrogen-bond acceptors (Lipinski definition) is 3. The minimum Gasteiger partial charge on any atom is -0.325 e. The number of aromatic nitrogens is 1. The number of nitrogens with one attached hydrogen (secondary N) is 1. The van der Waals surface area contributed by atoms with Crippen LogP contribution in [0.25, 0.3) is 20.8 Å². The lowest BCUT2D eigenvalue weighted by molar-refractivity contribution is -0.117. The third-order valence-corrected chi connectivity index (χ3v) is 5.23. The number of nitrogens with zero attached hydrogens (tertiary/aromatic N) is 1. The monoisotopic (exact) mass is 308 g/mol. The molecule has 0 saturated heterocycles. The summed E-state index contributed by atoms with van der Waals surface area (Å²) in [6.45, 7) is 2.11. The van der Waals surface area contributed by atoms with Gasteiger partial charge in [-0.3, -0.25) is 4.79 Å². The number of benzene rings is 2. The van der Waals surface area contributed by atoms with Crippen LogP contribution in [0.15, 0.2) is 48.5 Å². The van der Waals surface area contributed by atoms with E-state index in [1.165, 1.54) is 0 Å². The van der Waals surface area contributed by atoms with E-state index >= 15 is 0 Å². The molecule has 3 nitrogen and oxygen atoms in total. The van der Waals surface area contributed by atoms with E-state index in [9.17, 15) is 4.79 Å². The molecule has 0 aliphatic heterocycles. The number of rotatable bonds is 3. The van der Waals surface area contributed by atoms with Crippen LogP contribution in [-0.4, -0.2) is 10.9 Å². The fourth-order valence-electron chi connectivity index (χ4n) is 2.68. The highest BCUT2D eigenvalue weighted by molar-refractivity contribution is 7.21. The van der Waals surface area contributed by atoms with Crippen molar-refractivity contribution in [2.75, 3.05) is 5.32 Å². The Hall–Kier alpha value is -2.20. The lowest BCUT2D eigenvalue weighted by Crippen LogP contribution is -2.15. The molecule has 1 heterocycles. The van der Waals surface area contributed by atoms with Gasteiger partial charge in [-0.1, -0.05) is 31.2 Å². The van der Waals surface area contributed by atoms with Gasteiger partial charge < -0.3 is 5.32 Å². The first kappa shape index (κ1) is 13.5. The molecule has 4 heteroatoms. The van der Waals surface area contributed by atoms with Crippen molar-refractivity contribution >= 4 is 33.1 Å². The summed E-state index contributed by atoms with van der Waals surface area (Å²) in [5.41, 5.74) is 2.84. The number of thiazole rings is 1. The molecular weight excluding hydrogens is 292 g/mol. The Morgan fingerprint density at radius 3 is 2.68 bits per heavy atom. The zero-order chi connectivity index (χ0) is 15.1. The van der Waals surface area contributed by atoms with Crippen molar-refractivity contribution in [3.63, 3.8) is 0 Å². The number of anilines is 1. The van der Waals surface area contributed by atoms with E-state index in [4.69, 9.17) is 4.98 Å². The summed E-state index contributed by atoms with van der Waals surface area (Å²) in [4.78, 5) is 16.9. The molecule has 1 aromatic heterocycles. The van der Waals surface area contributed by atoms with Crippen LogP contribution in [0.1, 0.15) is 13.3 Å². The maximum atomic E-state index is 12.2. The molecule has 0 spiro atoms. The second-order valence-corrected chi connectivity index (χ2v) is 6.87. The molecule has 1 amide bonds. The van der Waals surface area contributed by atoms with Crippen LogP contribution >= 0.6 is 11.3 Å². The minimum absolute atomic E-state index is 0.126. The normalized spacial score (nSPS) is 20.0. The van der Waals surface area contributed by atoms with Crippen molar-refractivity contribution in [2.24, 2.45) is 11.8 Å². The van der Waals surface area contributed by atoms with Crippen LogP contribution in [0.5, 0.6) is 0 Å². The van der Waals surface area contributed by atoms with Gasteiger partial charge in [0.1, 0.15) is 5.01 Å². The van der Waals surface area contributed by atoms with Crippen LogP contribution in [-0.2, 0) is 4.79 Å². The van der Waals surface area contributed by atoms with Gasteiger partial charge in [-0.25, -0.2) is 4.98 Å². The summed E-state index contributed by atoms with van der Waals surface area (Å²) in [5, 5.41) is 4.02. The van der Waals surface area contributed by atoms with Gasteiger partial charge in [0, 0.05) is 11.5 Å². The van der Waals surface area contributed by atoms with E-state index in [-0.39, 0.29) is 11.8 Å². The lowest BCUT2D eigenvalue weighted by atomic mass is 10.1. The van der Waals surface area contributed by atoms with E-state index in [0.29, 0.717) is 5.92 Å². The third-order valence-electron chi connectivity index (χ3n) is 4.16. The minimum atomic E-state index is 0.126. The topological polar surface area (TPSA) is 42.0 Å². The molecule has 110 valence electrons. The molecule has 22 heavy (non-hydrogen) atoms. The van der Waals surface area contributed by atoms with Crippen molar-refractivity contribution in [2.45, 2.75) is 13.3 Å². The second kappa shape index (κ2) is 5.21. The summed E-state index contributed by atoms with van der Waals surface area (Å²) >= 11 is 1.65. The van der Waals surface area contributed by atoms with E-state index < -0.39 is 0 Å². The first-order valence-corrected chi connectivity index (χ1v) is 8.30. The van der Waals surface area contributed by atoms with Crippen molar-refractivity contribution in [1.82, 2.24) is 4.98 Å². The van der Waals surface area contributed by atoms with Gasteiger partial charge in [-0.15, -0.1) is 11.3 Å². The quantitative estimate of drug-likeness (QED) is 0.771. The molecule has 1 fully saturated rings. The van der Waals surface area contributed by atoms with Gasteiger partial charge in [0.2, 0.25) is 5.91 Å². The summed E-state index contributed by atoms with van der Waals surface area (Å²) < 4.78 is 1.16. The Bertz CT molecular complexity index is 822. The average molecular weight is 308 g/mol. The van der Waals surface area contributed by atoms with E-state index in [2.05, 4.69) is 18.3 Å². The molecule has 3 aromatic rings. The average Bonchev–Trinajstić information content (AvgIpc) is 3.11. The van der Waals surface area contributed by atoms with Crippen LogP contribution in [0.3, 0.4) is 0 Å². The molecule has 2 atom stereocenters. The predicted molar refractivity (Wildman–Crippen MR) is 91.0 cm³/mol. The molecule has 2 unspecified atom stereocenters. The van der Waals surface area contributed by atoms with Crippen LogP contribution in [0, 0.1) is 11.8 Å².